The maximum Gasteiger partial charge on any atom is 0.240 e. The van der Waals surface area contributed by atoms with Crippen LogP contribution in [0.15, 0.2) is 18.2 Å². The van der Waals surface area contributed by atoms with Crippen LogP contribution in [0.2, 0.25) is 0 Å². The van der Waals surface area contributed by atoms with E-state index in [9.17, 15) is 4.79 Å². The molecule has 5 nitrogen and oxygen atoms in total. The molecular weight excluding hydrogens is 256 g/mol. The Balaban J connectivity index is 1.65. The molecule has 0 spiro atoms. The maximum atomic E-state index is 12.3. The van der Waals surface area contributed by atoms with Gasteiger partial charge in [-0.3, -0.25) is 4.79 Å². The Morgan fingerprint density at radius 3 is 2.95 bits per heavy atom. The zero-order valence-corrected chi connectivity index (χ0v) is 11.9. The topological polar surface area (TPSA) is 50.8 Å². The normalized spacial score (nSPS) is 21.1. The number of fused-ring (bicyclic) bond motifs is 1. The molecule has 1 amide bonds. The first-order chi connectivity index (χ1) is 9.63. The van der Waals surface area contributed by atoms with Crippen LogP contribution in [-0.2, 0) is 11.3 Å². The van der Waals surface area contributed by atoms with Gasteiger partial charge in [0.25, 0.3) is 0 Å². The molecule has 1 aromatic rings. The lowest BCUT2D eigenvalue weighted by molar-refractivity contribution is -0.130. The predicted molar refractivity (Wildman–Crippen MR) is 74.7 cm³/mol. The minimum Gasteiger partial charge on any atom is -0.454 e. The van der Waals surface area contributed by atoms with Gasteiger partial charge in [0.1, 0.15) is 0 Å². The van der Waals surface area contributed by atoms with Gasteiger partial charge in [-0.25, -0.2) is 0 Å². The van der Waals surface area contributed by atoms with E-state index in [1.165, 1.54) is 0 Å². The van der Waals surface area contributed by atoms with Gasteiger partial charge in [-0.1, -0.05) is 19.9 Å². The van der Waals surface area contributed by atoms with Crippen molar-refractivity contribution < 1.29 is 14.3 Å². The van der Waals surface area contributed by atoms with Gasteiger partial charge < -0.3 is 19.7 Å². The number of nitrogens with one attached hydrogen (secondary N) is 1. The number of ether oxygens (including phenoxy) is 2. The average molecular weight is 276 g/mol. The Hall–Kier alpha value is -1.75. The second kappa shape index (κ2) is 5.32. The van der Waals surface area contributed by atoms with Crippen molar-refractivity contribution in [3.05, 3.63) is 23.8 Å². The van der Waals surface area contributed by atoms with Crippen LogP contribution in [-0.4, -0.2) is 36.2 Å². The van der Waals surface area contributed by atoms with Crippen LogP contribution < -0.4 is 14.8 Å². The van der Waals surface area contributed by atoms with Gasteiger partial charge >= 0.3 is 0 Å². The van der Waals surface area contributed by atoms with E-state index >= 15 is 0 Å². The highest BCUT2D eigenvalue weighted by Crippen LogP contribution is 2.33. The first-order valence-electron chi connectivity index (χ1n) is 7.07. The smallest absolute Gasteiger partial charge is 0.240 e. The van der Waals surface area contributed by atoms with E-state index in [0.717, 1.165) is 30.0 Å². The molecule has 1 fully saturated rings. The number of carbonyl (C=O) groups excluding carboxylic acids is 1. The van der Waals surface area contributed by atoms with Gasteiger partial charge in [0.15, 0.2) is 11.5 Å². The minimum atomic E-state index is -0.0380. The number of hydrogen-bond donors (Lipinski definition) is 1. The largest absolute Gasteiger partial charge is 0.454 e. The van der Waals surface area contributed by atoms with E-state index in [2.05, 4.69) is 19.2 Å². The minimum absolute atomic E-state index is 0.0380. The molecule has 2 heterocycles. The summed E-state index contributed by atoms with van der Waals surface area (Å²) in [5, 5.41) is 3.31. The molecule has 0 radical (unpaired) electrons. The molecule has 1 atom stereocenters. The number of benzene rings is 1. The van der Waals surface area contributed by atoms with Gasteiger partial charge in [-0.05, 0) is 24.1 Å². The fraction of sp³-hybridized carbons (Fsp3) is 0.533. The Morgan fingerprint density at radius 2 is 2.15 bits per heavy atom. The van der Waals surface area contributed by atoms with E-state index in [1.54, 1.807) is 0 Å². The number of carbonyl (C=O) groups is 1. The third kappa shape index (κ3) is 2.58. The van der Waals surface area contributed by atoms with Gasteiger partial charge in [-0.2, -0.15) is 0 Å². The van der Waals surface area contributed by atoms with Crippen molar-refractivity contribution in [3.63, 3.8) is 0 Å². The lowest BCUT2D eigenvalue weighted by Crippen LogP contribution is -2.41. The summed E-state index contributed by atoms with van der Waals surface area (Å²) < 4.78 is 10.7. The molecule has 0 saturated carbocycles. The molecule has 0 aromatic heterocycles. The van der Waals surface area contributed by atoms with Gasteiger partial charge in [0, 0.05) is 19.1 Å². The molecule has 3 rings (SSSR count). The summed E-state index contributed by atoms with van der Waals surface area (Å²) in [5.41, 5.74) is 1.08. The fourth-order valence-electron chi connectivity index (χ4n) is 2.71. The molecule has 2 aliphatic heterocycles. The zero-order valence-electron chi connectivity index (χ0n) is 11.9. The first kappa shape index (κ1) is 13.2. The summed E-state index contributed by atoms with van der Waals surface area (Å²) in [5.74, 6) is 1.74. The van der Waals surface area contributed by atoms with E-state index in [4.69, 9.17) is 9.47 Å². The average Bonchev–Trinajstić information content (AvgIpc) is 2.99. The van der Waals surface area contributed by atoms with Crippen molar-refractivity contribution in [2.45, 2.75) is 38.9 Å². The van der Waals surface area contributed by atoms with Crippen LogP contribution in [0.3, 0.4) is 0 Å². The monoisotopic (exact) mass is 276 g/mol. The summed E-state index contributed by atoms with van der Waals surface area (Å²) >= 11 is 0. The second-order valence-electron chi connectivity index (χ2n) is 5.61. The van der Waals surface area contributed by atoms with Crippen molar-refractivity contribution in [2.24, 2.45) is 0 Å². The molecule has 1 aromatic carbocycles. The van der Waals surface area contributed by atoms with Crippen LogP contribution in [0.1, 0.15) is 25.8 Å². The summed E-state index contributed by atoms with van der Waals surface area (Å²) in [6.07, 6.45) is 0.877. The lowest BCUT2D eigenvalue weighted by Gasteiger charge is -2.18. The zero-order chi connectivity index (χ0) is 14.1. The summed E-state index contributed by atoms with van der Waals surface area (Å²) in [6.45, 7) is 5.84. The quantitative estimate of drug-likeness (QED) is 0.906. The number of rotatable bonds is 4. The predicted octanol–water partition coefficient (Wildman–Crippen LogP) is 1.51. The highest BCUT2D eigenvalue weighted by atomic mass is 16.7. The standard InChI is InChI=1S/C15H20N2O3/c1-10(2)16-12-5-6-17(15(12)18)8-11-3-4-13-14(7-11)20-9-19-13/h3-4,7,10,12,16H,5-6,8-9H2,1-2H3. The molecular formula is C15H20N2O3. The molecule has 108 valence electrons. The number of amides is 1. The Morgan fingerprint density at radius 1 is 1.35 bits per heavy atom. The van der Waals surface area contributed by atoms with E-state index in [0.29, 0.717) is 12.6 Å². The van der Waals surface area contributed by atoms with Gasteiger partial charge in [0.2, 0.25) is 12.7 Å². The number of nitrogens with zero attached hydrogens (tertiary/aromatic N) is 1. The van der Waals surface area contributed by atoms with E-state index in [-0.39, 0.29) is 18.7 Å². The Labute approximate surface area is 118 Å². The number of likely N-dealkylation sites (tertiary alicyclic amines) is 1. The third-order valence-electron chi connectivity index (χ3n) is 3.64. The molecule has 2 aliphatic rings. The SMILES string of the molecule is CC(C)NC1CCN(Cc2ccc3c(c2)OCO3)C1=O. The van der Waals surface area contributed by atoms with Gasteiger partial charge in [0.05, 0.1) is 6.04 Å². The van der Waals surface area contributed by atoms with Crippen molar-refractivity contribution in [1.82, 2.24) is 10.2 Å². The van der Waals surface area contributed by atoms with Crippen molar-refractivity contribution in [1.29, 1.82) is 0 Å². The molecule has 5 heteroatoms. The maximum absolute atomic E-state index is 12.3. The second-order valence-corrected chi connectivity index (χ2v) is 5.61. The molecule has 1 N–H and O–H groups in total. The molecule has 0 bridgehead atoms. The highest BCUT2D eigenvalue weighted by Gasteiger charge is 2.31. The Bertz CT molecular complexity index is 516. The highest BCUT2D eigenvalue weighted by molar-refractivity contribution is 5.84. The summed E-state index contributed by atoms with van der Waals surface area (Å²) in [7, 11) is 0. The van der Waals surface area contributed by atoms with Crippen LogP contribution in [0.25, 0.3) is 0 Å². The first-order valence-corrected chi connectivity index (χ1v) is 7.07. The number of hydrogen-bond acceptors (Lipinski definition) is 4. The molecule has 20 heavy (non-hydrogen) atoms. The lowest BCUT2D eigenvalue weighted by atomic mass is 10.2. The molecule has 1 saturated heterocycles. The fourth-order valence-corrected chi connectivity index (χ4v) is 2.71. The van der Waals surface area contributed by atoms with Gasteiger partial charge in [-0.15, -0.1) is 0 Å². The summed E-state index contributed by atoms with van der Waals surface area (Å²) in [4.78, 5) is 14.2. The van der Waals surface area contributed by atoms with E-state index < -0.39 is 0 Å². The van der Waals surface area contributed by atoms with E-state index in [1.807, 2.05) is 23.1 Å². The van der Waals surface area contributed by atoms with Crippen LogP contribution in [0, 0.1) is 0 Å². The third-order valence-corrected chi connectivity index (χ3v) is 3.64. The van der Waals surface area contributed by atoms with Crippen molar-refractivity contribution in [3.8, 4) is 11.5 Å². The van der Waals surface area contributed by atoms with Crippen molar-refractivity contribution in [2.75, 3.05) is 13.3 Å². The molecule has 0 aliphatic carbocycles. The van der Waals surface area contributed by atoms with Crippen LogP contribution in [0.4, 0.5) is 0 Å². The van der Waals surface area contributed by atoms with Crippen LogP contribution in [0.5, 0.6) is 11.5 Å². The van der Waals surface area contributed by atoms with Crippen LogP contribution >= 0.6 is 0 Å². The molecule has 1 unspecified atom stereocenters. The Kier molecular flexibility index (Phi) is 3.53. The van der Waals surface area contributed by atoms with Crippen molar-refractivity contribution >= 4 is 5.91 Å². The summed E-state index contributed by atoms with van der Waals surface area (Å²) in [6, 6.07) is 6.14.